The van der Waals surface area contributed by atoms with Crippen molar-refractivity contribution in [2.75, 3.05) is 21.3 Å². The lowest BCUT2D eigenvalue weighted by atomic mass is 10.2. The second kappa shape index (κ2) is 8.53. The average Bonchev–Trinajstić information content (AvgIpc) is 2.63. The van der Waals surface area contributed by atoms with E-state index in [9.17, 15) is 9.59 Å². The Morgan fingerprint density at radius 1 is 1.12 bits per heavy atom. The molecule has 0 saturated heterocycles. The van der Waals surface area contributed by atoms with Gasteiger partial charge in [-0.3, -0.25) is 9.59 Å². The number of pyridine rings is 1. The average molecular weight is 345 g/mol. The number of amides is 1. The van der Waals surface area contributed by atoms with Gasteiger partial charge in [-0.1, -0.05) is 6.07 Å². The fourth-order valence-electron chi connectivity index (χ4n) is 2.11. The number of hydrogen-bond donors (Lipinski definition) is 1. The van der Waals surface area contributed by atoms with E-state index in [1.54, 1.807) is 24.3 Å². The molecule has 0 bridgehead atoms. The van der Waals surface area contributed by atoms with E-state index in [1.165, 1.54) is 44.4 Å². The molecule has 2 aromatic rings. The number of hydrazone groups is 1. The number of benzene rings is 1. The fraction of sp³-hybridized carbons (Fsp3) is 0.235. The van der Waals surface area contributed by atoms with Gasteiger partial charge in [0.15, 0.2) is 11.5 Å². The van der Waals surface area contributed by atoms with Crippen LogP contribution in [0.5, 0.6) is 17.2 Å². The maximum atomic E-state index is 11.9. The van der Waals surface area contributed by atoms with Crippen LogP contribution in [0.15, 0.2) is 46.4 Å². The first kappa shape index (κ1) is 18.1. The molecule has 1 aromatic heterocycles. The van der Waals surface area contributed by atoms with E-state index in [0.29, 0.717) is 22.8 Å². The molecule has 0 radical (unpaired) electrons. The molecule has 0 atom stereocenters. The maximum absolute atomic E-state index is 11.9. The summed E-state index contributed by atoms with van der Waals surface area (Å²) in [6, 6.07) is 8.00. The highest BCUT2D eigenvalue weighted by atomic mass is 16.5. The van der Waals surface area contributed by atoms with Crippen LogP contribution in [-0.2, 0) is 11.3 Å². The zero-order chi connectivity index (χ0) is 18.2. The third-order valence-electron chi connectivity index (χ3n) is 3.34. The topological polar surface area (TPSA) is 91.2 Å². The van der Waals surface area contributed by atoms with E-state index in [2.05, 4.69) is 10.5 Å². The van der Waals surface area contributed by atoms with Crippen molar-refractivity contribution in [3.63, 3.8) is 0 Å². The van der Waals surface area contributed by atoms with Crippen LogP contribution < -0.4 is 25.2 Å². The Kier molecular flexibility index (Phi) is 6.16. The minimum Gasteiger partial charge on any atom is -0.496 e. The molecule has 8 nitrogen and oxygen atoms in total. The maximum Gasteiger partial charge on any atom is 0.260 e. The molecule has 25 heavy (non-hydrogen) atoms. The minimum absolute atomic E-state index is 0.125. The van der Waals surface area contributed by atoms with Gasteiger partial charge in [0.2, 0.25) is 0 Å². The van der Waals surface area contributed by atoms with Gasteiger partial charge in [0.1, 0.15) is 12.3 Å². The Bertz CT molecular complexity index is 829. The summed E-state index contributed by atoms with van der Waals surface area (Å²) < 4.78 is 17.0. The van der Waals surface area contributed by atoms with Crippen molar-refractivity contribution in [3.05, 3.63) is 52.4 Å². The van der Waals surface area contributed by atoms with Gasteiger partial charge in [0, 0.05) is 23.9 Å². The molecular formula is C17H19N3O5. The predicted octanol–water partition coefficient (Wildman–Crippen LogP) is 1.02. The van der Waals surface area contributed by atoms with Gasteiger partial charge in [-0.05, 0) is 12.1 Å². The summed E-state index contributed by atoms with van der Waals surface area (Å²) >= 11 is 0. The number of ether oxygens (including phenoxy) is 3. The highest BCUT2D eigenvalue weighted by molar-refractivity contribution is 5.86. The molecule has 8 heteroatoms. The van der Waals surface area contributed by atoms with Crippen molar-refractivity contribution in [3.8, 4) is 17.2 Å². The van der Waals surface area contributed by atoms with E-state index in [4.69, 9.17) is 14.2 Å². The van der Waals surface area contributed by atoms with Crippen LogP contribution in [0, 0.1) is 0 Å². The Balaban J connectivity index is 2.10. The molecule has 0 saturated carbocycles. The van der Waals surface area contributed by atoms with Crippen molar-refractivity contribution in [1.29, 1.82) is 0 Å². The first-order valence-corrected chi connectivity index (χ1v) is 7.36. The van der Waals surface area contributed by atoms with E-state index in [-0.39, 0.29) is 12.1 Å². The van der Waals surface area contributed by atoms with Gasteiger partial charge < -0.3 is 18.8 Å². The fourth-order valence-corrected chi connectivity index (χ4v) is 2.11. The lowest BCUT2D eigenvalue weighted by molar-refractivity contribution is -0.121. The van der Waals surface area contributed by atoms with E-state index in [1.807, 2.05) is 0 Å². The Morgan fingerprint density at radius 2 is 1.80 bits per heavy atom. The standard InChI is InChI=1S/C17H19N3O5/c1-23-13-9-15(25-3)14(24-2)8-12(13)10-18-19-16(21)11-20-7-5-4-6-17(20)22/h4-10H,11H2,1-3H3,(H,19,21)/b18-10-. The van der Waals surface area contributed by atoms with Gasteiger partial charge in [-0.15, -0.1) is 0 Å². The lowest BCUT2D eigenvalue weighted by Crippen LogP contribution is -2.29. The molecule has 0 unspecified atom stereocenters. The Morgan fingerprint density at radius 3 is 2.44 bits per heavy atom. The molecule has 1 aromatic carbocycles. The van der Waals surface area contributed by atoms with Crippen molar-refractivity contribution in [2.45, 2.75) is 6.54 Å². The van der Waals surface area contributed by atoms with Crippen molar-refractivity contribution in [1.82, 2.24) is 9.99 Å². The van der Waals surface area contributed by atoms with Gasteiger partial charge in [-0.2, -0.15) is 5.10 Å². The van der Waals surface area contributed by atoms with Crippen LogP contribution in [0.2, 0.25) is 0 Å². The quantitative estimate of drug-likeness (QED) is 0.598. The molecule has 0 fully saturated rings. The van der Waals surface area contributed by atoms with Crippen molar-refractivity contribution < 1.29 is 19.0 Å². The summed E-state index contributed by atoms with van der Waals surface area (Å²) in [5.74, 6) is 1.11. The number of nitrogens with zero attached hydrogens (tertiary/aromatic N) is 2. The normalized spacial score (nSPS) is 10.5. The second-order valence-corrected chi connectivity index (χ2v) is 4.91. The van der Waals surface area contributed by atoms with Gasteiger partial charge in [-0.25, -0.2) is 5.43 Å². The minimum atomic E-state index is -0.427. The van der Waals surface area contributed by atoms with Crippen molar-refractivity contribution in [2.24, 2.45) is 5.10 Å². The zero-order valence-electron chi connectivity index (χ0n) is 14.2. The summed E-state index contributed by atoms with van der Waals surface area (Å²) in [4.78, 5) is 23.4. The largest absolute Gasteiger partial charge is 0.496 e. The number of methoxy groups -OCH3 is 3. The first-order chi connectivity index (χ1) is 12.1. The number of aromatic nitrogens is 1. The highest BCUT2D eigenvalue weighted by Gasteiger charge is 2.10. The summed E-state index contributed by atoms with van der Waals surface area (Å²) in [6.45, 7) is -0.125. The summed E-state index contributed by atoms with van der Waals surface area (Å²) in [6.07, 6.45) is 2.95. The van der Waals surface area contributed by atoms with Gasteiger partial charge >= 0.3 is 0 Å². The number of carbonyl (C=O) groups is 1. The van der Waals surface area contributed by atoms with Crippen LogP contribution in [0.3, 0.4) is 0 Å². The second-order valence-electron chi connectivity index (χ2n) is 4.91. The summed E-state index contributed by atoms with van der Waals surface area (Å²) in [5.41, 5.74) is 2.70. The third kappa shape index (κ3) is 4.60. The van der Waals surface area contributed by atoms with Crippen LogP contribution in [0.4, 0.5) is 0 Å². The molecule has 0 aliphatic carbocycles. The van der Waals surface area contributed by atoms with Crippen molar-refractivity contribution >= 4 is 12.1 Å². The van der Waals surface area contributed by atoms with Gasteiger partial charge in [0.05, 0.1) is 27.5 Å². The Hall–Kier alpha value is -3.29. The molecule has 1 heterocycles. The van der Waals surface area contributed by atoms with Crippen LogP contribution in [0.1, 0.15) is 5.56 Å². The van der Waals surface area contributed by atoms with E-state index >= 15 is 0 Å². The third-order valence-corrected chi connectivity index (χ3v) is 3.34. The molecule has 0 aliphatic heterocycles. The molecule has 1 N–H and O–H groups in total. The number of hydrogen-bond acceptors (Lipinski definition) is 6. The number of carbonyl (C=O) groups excluding carboxylic acids is 1. The van der Waals surface area contributed by atoms with Crippen LogP contribution >= 0.6 is 0 Å². The van der Waals surface area contributed by atoms with E-state index < -0.39 is 5.91 Å². The molecule has 0 aliphatic rings. The molecule has 2 rings (SSSR count). The monoisotopic (exact) mass is 345 g/mol. The molecule has 132 valence electrons. The molecule has 0 spiro atoms. The smallest absolute Gasteiger partial charge is 0.260 e. The number of rotatable bonds is 7. The van der Waals surface area contributed by atoms with E-state index in [0.717, 1.165) is 0 Å². The van der Waals surface area contributed by atoms with Crippen LogP contribution in [0.25, 0.3) is 0 Å². The lowest BCUT2D eigenvalue weighted by Gasteiger charge is -2.11. The van der Waals surface area contributed by atoms with Gasteiger partial charge in [0.25, 0.3) is 11.5 Å². The SMILES string of the molecule is COc1cc(OC)c(OC)cc1/C=N\NC(=O)Cn1ccccc1=O. The van der Waals surface area contributed by atoms with Crippen LogP contribution in [-0.4, -0.2) is 38.0 Å². The zero-order valence-corrected chi connectivity index (χ0v) is 14.2. The molecule has 1 amide bonds. The number of nitrogens with one attached hydrogen (secondary N) is 1. The Labute approximate surface area is 144 Å². The molecular weight excluding hydrogens is 326 g/mol. The summed E-state index contributed by atoms with van der Waals surface area (Å²) in [5, 5.41) is 3.89. The summed E-state index contributed by atoms with van der Waals surface area (Å²) in [7, 11) is 4.56. The highest BCUT2D eigenvalue weighted by Crippen LogP contribution is 2.33. The predicted molar refractivity (Wildman–Crippen MR) is 92.5 cm³/mol. The first-order valence-electron chi connectivity index (χ1n) is 7.36.